The lowest BCUT2D eigenvalue weighted by Gasteiger charge is -2.23. The van der Waals surface area contributed by atoms with Crippen LogP contribution in [0.5, 0.6) is 0 Å². The molecule has 0 aromatic carbocycles. The number of aromatic nitrogens is 3. The summed E-state index contributed by atoms with van der Waals surface area (Å²) in [4.78, 5) is 0. The van der Waals surface area contributed by atoms with E-state index in [2.05, 4.69) is 14.8 Å². The van der Waals surface area contributed by atoms with E-state index in [0.29, 0.717) is 23.8 Å². The molecule has 1 aromatic heterocycles. The predicted octanol–water partition coefficient (Wildman–Crippen LogP) is -0.0475. The molecule has 3 rings (SSSR count). The molecule has 0 saturated carbocycles. The van der Waals surface area contributed by atoms with Gasteiger partial charge < -0.3 is 9.67 Å². The number of rotatable bonds is 2. The number of nitrogens with zero attached hydrogens (tertiary/aromatic N) is 3. The molecule has 0 aliphatic carbocycles. The van der Waals surface area contributed by atoms with E-state index in [0.717, 1.165) is 43.9 Å². The number of hydrogen-bond acceptors (Lipinski definition) is 5. The Morgan fingerprint density at radius 2 is 1.95 bits per heavy atom. The summed E-state index contributed by atoms with van der Waals surface area (Å²) in [5, 5.41) is 17.9. The van der Waals surface area contributed by atoms with Gasteiger partial charge in [-0.15, -0.1) is 10.2 Å². The fourth-order valence-electron chi connectivity index (χ4n) is 2.92. The Balaban J connectivity index is 1.68. The molecule has 1 N–H and O–H groups in total. The molecule has 106 valence electrons. The highest BCUT2D eigenvalue weighted by atomic mass is 32.2. The van der Waals surface area contributed by atoms with E-state index < -0.39 is 9.84 Å². The van der Waals surface area contributed by atoms with Gasteiger partial charge in [-0.05, 0) is 25.2 Å². The molecule has 0 spiro atoms. The fourth-order valence-corrected chi connectivity index (χ4v) is 4.51. The molecule has 0 amide bonds. The van der Waals surface area contributed by atoms with E-state index >= 15 is 0 Å². The number of aliphatic hydroxyl groups is 1. The summed E-state index contributed by atoms with van der Waals surface area (Å²) in [6.45, 7) is 0.768. The van der Waals surface area contributed by atoms with E-state index in [1.165, 1.54) is 0 Å². The van der Waals surface area contributed by atoms with Gasteiger partial charge in [-0.3, -0.25) is 0 Å². The van der Waals surface area contributed by atoms with E-state index in [1.54, 1.807) is 0 Å². The molecule has 2 aliphatic rings. The van der Waals surface area contributed by atoms with Crippen LogP contribution in [-0.4, -0.2) is 45.9 Å². The van der Waals surface area contributed by atoms with Gasteiger partial charge in [0.05, 0.1) is 17.6 Å². The van der Waals surface area contributed by atoms with Gasteiger partial charge in [-0.1, -0.05) is 0 Å². The standard InChI is InChI=1S/C12H19N3O3S/c16-10-1-4-15-11(13-14-12(15)8-10)7-9-2-5-19(17,18)6-3-9/h9-10,16H,1-8H2. The zero-order valence-corrected chi connectivity index (χ0v) is 11.6. The van der Waals surface area contributed by atoms with Gasteiger partial charge in [0.25, 0.3) is 0 Å². The van der Waals surface area contributed by atoms with Crippen molar-refractivity contribution in [2.45, 2.75) is 44.8 Å². The SMILES string of the molecule is O=S1(=O)CCC(Cc2nnc3n2CCC(O)C3)CC1. The number of aliphatic hydroxyl groups excluding tert-OH is 1. The van der Waals surface area contributed by atoms with Crippen LogP contribution in [0.1, 0.15) is 30.9 Å². The minimum absolute atomic E-state index is 0.302. The molecular weight excluding hydrogens is 266 g/mol. The average Bonchev–Trinajstić information content (AvgIpc) is 2.74. The first-order valence-electron chi connectivity index (χ1n) is 6.83. The summed E-state index contributed by atoms with van der Waals surface area (Å²) >= 11 is 0. The van der Waals surface area contributed by atoms with Crippen LogP contribution >= 0.6 is 0 Å². The van der Waals surface area contributed by atoms with Crippen molar-refractivity contribution in [3.05, 3.63) is 11.6 Å². The van der Waals surface area contributed by atoms with Crippen molar-refractivity contribution < 1.29 is 13.5 Å². The third-order valence-electron chi connectivity index (χ3n) is 4.15. The van der Waals surface area contributed by atoms with Crippen LogP contribution in [0.4, 0.5) is 0 Å². The molecular formula is C12H19N3O3S. The number of fused-ring (bicyclic) bond motifs is 1. The minimum Gasteiger partial charge on any atom is -0.393 e. The van der Waals surface area contributed by atoms with Crippen LogP contribution < -0.4 is 0 Å². The maximum Gasteiger partial charge on any atom is 0.150 e. The van der Waals surface area contributed by atoms with Crippen molar-refractivity contribution >= 4 is 9.84 Å². The Morgan fingerprint density at radius 1 is 1.21 bits per heavy atom. The highest BCUT2D eigenvalue weighted by Crippen LogP contribution is 2.24. The Morgan fingerprint density at radius 3 is 2.68 bits per heavy atom. The van der Waals surface area contributed by atoms with Crippen molar-refractivity contribution in [2.24, 2.45) is 5.92 Å². The van der Waals surface area contributed by atoms with Crippen molar-refractivity contribution in [1.29, 1.82) is 0 Å². The third-order valence-corrected chi connectivity index (χ3v) is 5.87. The molecule has 1 aromatic rings. The summed E-state index contributed by atoms with van der Waals surface area (Å²) in [6.07, 6.45) is 3.28. The Hall–Kier alpha value is -0.950. The maximum atomic E-state index is 11.4. The second kappa shape index (κ2) is 4.86. The van der Waals surface area contributed by atoms with Crippen molar-refractivity contribution in [3.8, 4) is 0 Å². The van der Waals surface area contributed by atoms with Crippen LogP contribution in [0.15, 0.2) is 0 Å². The molecule has 1 saturated heterocycles. The molecule has 2 aliphatic heterocycles. The summed E-state index contributed by atoms with van der Waals surface area (Å²) in [6, 6.07) is 0. The minimum atomic E-state index is -2.80. The quantitative estimate of drug-likeness (QED) is 0.823. The van der Waals surface area contributed by atoms with E-state index in [4.69, 9.17) is 0 Å². The summed E-state index contributed by atoms with van der Waals surface area (Å²) in [7, 11) is -2.80. The first-order chi connectivity index (χ1) is 9.03. The number of sulfone groups is 1. The fraction of sp³-hybridized carbons (Fsp3) is 0.833. The summed E-state index contributed by atoms with van der Waals surface area (Å²) < 4.78 is 24.9. The molecule has 1 atom stereocenters. The molecule has 0 radical (unpaired) electrons. The second-order valence-corrected chi connectivity index (χ2v) is 7.93. The van der Waals surface area contributed by atoms with E-state index in [-0.39, 0.29) is 6.10 Å². The molecule has 0 bridgehead atoms. The van der Waals surface area contributed by atoms with Crippen LogP contribution in [0, 0.1) is 5.92 Å². The summed E-state index contributed by atoms with van der Waals surface area (Å²) in [5.74, 6) is 2.81. The second-order valence-electron chi connectivity index (χ2n) is 5.63. The maximum absolute atomic E-state index is 11.4. The van der Waals surface area contributed by atoms with Gasteiger partial charge in [0, 0.05) is 19.4 Å². The van der Waals surface area contributed by atoms with Gasteiger partial charge in [0.1, 0.15) is 21.5 Å². The van der Waals surface area contributed by atoms with Gasteiger partial charge >= 0.3 is 0 Å². The number of hydrogen-bond donors (Lipinski definition) is 1. The van der Waals surface area contributed by atoms with Gasteiger partial charge in [-0.2, -0.15) is 0 Å². The first-order valence-corrected chi connectivity index (χ1v) is 8.65. The predicted molar refractivity (Wildman–Crippen MR) is 69.4 cm³/mol. The molecule has 3 heterocycles. The third kappa shape index (κ3) is 2.81. The average molecular weight is 285 g/mol. The highest BCUT2D eigenvalue weighted by molar-refractivity contribution is 7.91. The molecule has 19 heavy (non-hydrogen) atoms. The lowest BCUT2D eigenvalue weighted by atomic mass is 9.98. The Labute approximate surface area is 112 Å². The molecule has 1 fully saturated rings. The van der Waals surface area contributed by atoms with Gasteiger partial charge in [-0.25, -0.2) is 8.42 Å². The van der Waals surface area contributed by atoms with Crippen LogP contribution in [0.2, 0.25) is 0 Å². The zero-order valence-electron chi connectivity index (χ0n) is 10.8. The van der Waals surface area contributed by atoms with Crippen molar-refractivity contribution in [3.63, 3.8) is 0 Å². The summed E-state index contributed by atoms with van der Waals surface area (Å²) in [5.41, 5.74) is 0. The largest absolute Gasteiger partial charge is 0.393 e. The van der Waals surface area contributed by atoms with Crippen molar-refractivity contribution in [1.82, 2.24) is 14.8 Å². The monoisotopic (exact) mass is 285 g/mol. The van der Waals surface area contributed by atoms with E-state index in [9.17, 15) is 13.5 Å². The lowest BCUT2D eigenvalue weighted by Crippen LogP contribution is -2.27. The molecule has 1 unspecified atom stereocenters. The molecule has 6 nitrogen and oxygen atoms in total. The van der Waals surface area contributed by atoms with Crippen LogP contribution in [-0.2, 0) is 29.2 Å². The Bertz CT molecular complexity index is 553. The molecule has 7 heteroatoms. The van der Waals surface area contributed by atoms with Gasteiger partial charge in [0.2, 0.25) is 0 Å². The van der Waals surface area contributed by atoms with Crippen LogP contribution in [0.25, 0.3) is 0 Å². The van der Waals surface area contributed by atoms with Crippen LogP contribution in [0.3, 0.4) is 0 Å². The normalized spacial score (nSPS) is 27.1. The first kappa shape index (κ1) is 13.1. The van der Waals surface area contributed by atoms with E-state index in [1.807, 2.05) is 0 Å². The van der Waals surface area contributed by atoms with Gasteiger partial charge in [0.15, 0.2) is 0 Å². The highest BCUT2D eigenvalue weighted by Gasteiger charge is 2.27. The smallest absolute Gasteiger partial charge is 0.150 e. The Kier molecular flexibility index (Phi) is 3.34. The van der Waals surface area contributed by atoms with Crippen molar-refractivity contribution in [2.75, 3.05) is 11.5 Å². The lowest BCUT2D eigenvalue weighted by molar-refractivity contribution is 0.141. The topological polar surface area (TPSA) is 85.1 Å². The zero-order chi connectivity index (χ0) is 13.5.